The first kappa shape index (κ1) is 31.1. The maximum absolute atomic E-state index is 6.16. The van der Waals surface area contributed by atoms with E-state index in [-0.39, 0.29) is 0 Å². The molecule has 0 bridgehead atoms. The summed E-state index contributed by atoms with van der Waals surface area (Å²) in [4.78, 5) is 0. The minimum atomic E-state index is 0.863. The quantitative estimate of drug-likeness (QED) is 0.0847. The summed E-state index contributed by atoms with van der Waals surface area (Å²) >= 11 is 19.4. The Hall–Kier alpha value is -1.34. The molecule has 2 aromatic heterocycles. The molecule has 1 aliphatic rings. The average molecular weight is 660 g/mol. The number of aromatic nitrogens is 4. The standard InChI is InChI=1S/C30H37N5S6/c1-6-9-19-31-25(27(38-8-3)33(29(31)36)23-15-11-21(4)12-16-23)39-35-40-26-28(41-35)34(24-17-13-22(5)14-18-24)30(37)32(26)20-10-7-2/h11-18H,6-10,19-20H2,1-5H3. The van der Waals surface area contributed by atoms with Crippen LogP contribution in [-0.2, 0) is 13.1 Å². The lowest BCUT2D eigenvalue weighted by atomic mass is 10.2. The molecule has 0 saturated heterocycles. The molecule has 218 valence electrons. The predicted octanol–water partition coefficient (Wildman–Crippen LogP) is 10.7. The molecule has 0 amide bonds. The monoisotopic (exact) mass is 659 g/mol. The summed E-state index contributed by atoms with van der Waals surface area (Å²) in [6.45, 7) is 12.8. The zero-order valence-corrected chi connectivity index (χ0v) is 29.2. The van der Waals surface area contributed by atoms with Crippen LogP contribution >= 0.6 is 72.0 Å². The molecule has 11 heteroatoms. The van der Waals surface area contributed by atoms with Crippen LogP contribution in [0.1, 0.15) is 57.6 Å². The van der Waals surface area contributed by atoms with E-state index >= 15 is 0 Å². The Morgan fingerprint density at radius 2 is 1.17 bits per heavy atom. The van der Waals surface area contributed by atoms with Crippen molar-refractivity contribution in [3.05, 3.63) is 69.2 Å². The van der Waals surface area contributed by atoms with E-state index in [0.717, 1.165) is 65.4 Å². The van der Waals surface area contributed by atoms with Gasteiger partial charge in [-0.3, -0.25) is 9.13 Å². The van der Waals surface area contributed by atoms with Crippen LogP contribution in [0.25, 0.3) is 11.4 Å². The van der Waals surface area contributed by atoms with E-state index in [1.54, 1.807) is 35.8 Å². The summed E-state index contributed by atoms with van der Waals surface area (Å²) in [5, 5.41) is 4.84. The van der Waals surface area contributed by atoms with Crippen molar-refractivity contribution in [2.75, 3.05) is 5.75 Å². The highest BCUT2D eigenvalue weighted by molar-refractivity contribution is 8.27. The molecule has 4 aromatic rings. The van der Waals surface area contributed by atoms with Crippen LogP contribution in [0.15, 0.2) is 68.6 Å². The first-order chi connectivity index (χ1) is 19.9. The third-order valence-corrected chi connectivity index (χ3v) is 12.4. The molecule has 3 heterocycles. The van der Waals surface area contributed by atoms with E-state index in [1.165, 1.54) is 31.2 Å². The van der Waals surface area contributed by atoms with Gasteiger partial charge in [0.2, 0.25) is 0 Å². The minimum absolute atomic E-state index is 0.863. The summed E-state index contributed by atoms with van der Waals surface area (Å²) in [6.07, 6.45) is 4.44. The van der Waals surface area contributed by atoms with Gasteiger partial charge in [-0.15, -0.1) is 14.9 Å². The summed E-state index contributed by atoms with van der Waals surface area (Å²) < 4.78 is 13.3. The highest BCUT2D eigenvalue weighted by Crippen LogP contribution is 2.55. The molecule has 0 atom stereocenters. The second-order valence-electron chi connectivity index (χ2n) is 10.1. The lowest BCUT2D eigenvalue weighted by molar-refractivity contribution is 0.583. The van der Waals surface area contributed by atoms with Gasteiger partial charge < -0.3 is 9.13 Å². The number of aryl methyl sites for hydroxylation is 2. The molecule has 5 nitrogen and oxygen atoms in total. The van der Waals surface area contributed by atoms with E-state index < -0.39 is 0 Å². The number of hydrogen-bond acceptors (Lipinski definition) is 7. The normalized spacial score (nSPS) is 13.3. The molecule has 2 aromatic carbocycles. The third kappa shape index (κ3) is 6.46. The minimum Gasteiger partial charge on any atom is -0.309 e. The van der Waals surface area contributed by atoms with Crippen molar-refractivity contribution in [2.24, 2.45) is 0 Å². The van der Waals surface area contributed by atoms with Crippen LogP contribution in [0.4, 0.5) is 0 Å². The Morgan fingerprint density at radius 1 is 0.659 bits per heavy atom. The Labute approximate surface area is 271 Å². The van der Waals surface area contributed by atoms with Crippen molar-refractivity contribution >= 4 is 72.0 Å². The molecule has 41 heavy (non-hydrogen) atoms. The largest absolute Gasteiger partial charge is 0.309 e. The molecule has 0 spiro atoms. The zero-order chi connectivity index (χ0) is 29.1. The molecule has 0 N–H and O–H groups in total. The van der Waals surface area contributed by atoms with Crippen LogP contribution in [0.3, 0.4) is 0 Å². The molecular formula is C30H37N5S6. The molecule has 5 rings (SSSR count). The van der Waals surface area contributed by atoms with Gasteiger partial charge >= 0.3 is 0 Å². The second kappa shape index (κ2) is 14.0. The average Bonchev–Trinajstić information content (AvgIpc) is 3.56. The van der Waals surface area contributed by atoms with Gasteiger partial charge in [0.15, 0.2) is 9.54 Å². The van der Waals surface area contributed by atoms with Gasteiger partial charge in [-0.25, -0.2) is 0 Å². The lowest BCUT2D eigenvalue weighted by Gasteiger charge is -2.16. The summed E-state index contributed by atoms with van der Waals surface area (Å²) in [5.41, 5.74) is 4.74. The number of unbranched alkanes of at least 4 members (excludes halogenated alkanes) is 2. The van der Waals surface area contributed by atoms with E-state index in [0.29, 0.717) is 0 Å². The number of thioether (sulfide) groups is 1. The third-order valence-electron chi connectivity index (χ3n) is 6.93. The van der Waals surface area contributed by atoms with E-state index in [4.69, 9.17) is 24.4 Å². The molecule has 0 radical (unpaired) electrons. The van der Waals surface area contributed by atoms with Gasteiger partial charge in [0, 0.05) is 60.3 Å². The number of imidazole rings is 2. The Bertz CT molecular complexity index is 1610. The van der Waals surface area contributed by atoms with E-state index in [9.17, 15) is 0 Å². The van der Waals surface area contributed by atoms with Gasteiger partial charge in [0.25, 0.3) is 0 Å². The maximum atomic E-state index is 6.16. The van der Waals surface area contributed by atoms with Gasteiger partial charge in [-0.1, -0.05) is 69.0 Å². The molecular weight excluding hydrogens is 623 g/mol. The Morgan fingerprint density at radius 3 is 1.73 bits per heavy atom. The number of nitrogens with zero attached hydrogens (tertiary/aromatic N) is 5. The zero-order valence-electron chi connectivity index (χ0n) is 24.3. The molecule has 0 fully saturated rings. The van der Waals surface area contributed by atoms with E-state index in [2.05, 4.69) is 105 Å². The molecule has 0 aliphatic carbocycles. The van der Waals surface area contributed by atoms with Crippen molar-refractivity contribution in [3.8, 4) is 11.4 Å². The Kier molecular flexibility index (Phi) is 10.6. The smallest absolute Gasteiger partial charge is 0.186 e. The fraction of sp³-hybridized carbons (Fsp3) is 0.400. The predicted molar refractivity (Wildman–Crippen MR) is 184 cm³/mol. The van der Waals surface area contributed by atoms with Crippen molar-refractivity contribution < 1.29 is 0 Å². The Balaban J connectivity index is 1.56. The first-order valence-corrected chi connectivity index (χ1v) is 18.3. The second-order valence-corrected chi connectivity index (χ2v) is 15.5. The van der Waals surface area contributed by atoms with Crippen molar-refractivity contribution in [1.29, 1.82) is 0 Å². The van der Waals surface area contributed by atoms with Crippen molar-refractivity contribution in [1.82, 2.24) is 21.4 Å². The van der Waals surface area contributed by atoms with Crippen molar-refractivity contribution in [2.45, 2.75) is 93.5 Å². The number of fused-ring (bicyclic) bond motifs is 1. The lowest BCUT2D eigenvalue weighted by Crippen LogP contribution is -2.05. The molecule has 1 aliphatic heterocycles. The summed E-state index contributed by atoms with van der Waals surface area (Å²) in [5.74, 6) is 0.974. The van der Waals surface area contributed by atoms with Gasteiger partial charge in [0.05, 0.1) is 0 Å². The highest BCUT2D eigenvalue weighted by Gasteiger charge is 2.33. The highest BCUT2D eigenvalue weighted by atomic mass is 32.3. The number of benzene rings is 2. The summed E-state index contributed by atoms with van der Waals surface area (Å²) in [7, 11) is 0. The van der Waals surface area contributed by atoms with Gasteiger partial charge in [0.1, 0.15) is 20.1 Å². The van der Waals surface area contributed by atoms with Crippen LogP contribution < -0.4 is 0 Å². The van der Waals surface area contributed by atoms with Gasteiger partial charge in [-0.2, -0.15) is 0 Å². The van der Waals surface area contributed by atoms with E-state index in [1.807, 2.05) is 11.8 Å². The molecule has 0 unspecified atom stereocenters. The fourth-order valence-electron chi connectivity index (χ4n) is 4.67. The SMILES string of the molecule is CCCCn1c(SN2Sc3c(n(-c4ccc(C)cc4)c(=S)n3CCCC)S2)c(SCC)n(-c2ccc(C)cc2)c1=S. The molecule has 0 saturated carbocycles. The maximum Gasteiger partial charge on any atom is 0.186 e. The number of hydrogen-bond donors (Lipinski definition) is 0. The van der Waals surface area contributed by atoms with Gasteiger partial charge in [-0.05, 0) is 81.1 Å². The van der Waals surface area contributed by atoms with Crippen LogP contribution in [0.2, 0.25) is 0 Å². The first-order valence-electron chi connectivity index (χ1n) is 14.2. The van der Waals surface area contributed by atoms with Crippen molar-refractivity contribution in [3.63, 3.8) is 0 Å². The topological polar surface area (TPSA) is 23.0 Å². The van der Waals surface area contributed by atoms with Crippen LogP contribution in [-0.4, -0.2) is 27.1 Å². The number of rotatable bonds is 12. The summed E-state index contributed by atoms with van der Waals surface area (Å²) in [6, 6.07) is 17.4. The van der Waals surface area contributed by atoms with Crippen LogP contribution in [0, 0.1) is 23.4 Å². The fourth-order valence-corrected chi connectivity index (χ4v) is 10.5. The van der Waals surface area contributed by atoms with Crippen LogP contribution in [0.5, 0.6) is 0 Å².